The molecule has 0 N–H and O–H groups in total. The lowest BCUT2D eigenvalue weighted by Crippen LogP contribution is -2.44. The maximum atomic E-state index is 13.1. The second-order valence-corrected chi connectivity index (χ2v) is 13.5. The second kappa shape index (κ2) is 9.64. The first-order valence-corrected chi connectivity index (χ1v) is 13.1. The summed E-state index contributed by atoms with van der Waals surface area (Å²) in [5, 5.41) is -0.0515. The molecule has 8 heteroatoms. The normalized spacial score (nSPS) is 11.5. The van der Waals surface area contributed by atoms with Gasteiger partial charge in [0.15, 0.2) is 17.2 Å². The molecule has 7 nitrogen and oxygen atoms in total. The van der Waals surface area contributed by atoms with Crippen molar-refractivity contribution in [1.82, 2.24) is 0 Å². The number of methoxy groups -OCH3 is 4. The molecule has 2 rings (SSSR count). The van der Waals surface area contributed by atoms with Gasteiger partial charge in [-0.1, -0.05) is 20.8 Å². The summed E-state index contributed by atoms with van der Waals surface area (Å²) in [6.45, 7) is 10.6. The molecular weight excluding hydrogens is 428 g/mol. The Kier molecular flexibility index (Phi) is 7.61. The number of carbonyl (C=O) groups excluding carboxylic acids is 2. The van der Waals surface area contributed by atoms with Gasteiger partial charge < -0.3 is 23.4 Å². The molecule has 0 heterocycles. The molecular formula is C24H32O7Si. The molecule has 0 spiro atoms. The fourth-order valence-electron chi connectivity index (χ4n) is 2.80. The summed E-state index contributed by atoms with van der Waals surface area (Å²) in [6.07, 6.45) is 0. The highest BCUT2D eigenvalue weighted by atomic mass is 28.4. The smallest absolute Gasteiger partial charge is 0.250 e. The largest absolute Gasteiger partial charge is 0.541 e. The Hall–Kier alpha value is -3.00. The maximum Gasteiger partial charge on any atom is 0.250 e. The predicted octanol–water partition coefficient (Wildman–Crippen LogP) is 5.17. The molecule has 0 saturated carbocycles. The number of rotatable bonds is 9. The van der Waals surface area contributed by atoms with Crippen LogP contribution < -0.4 is 23.4 Å². The van der Waals surface area contributed by atoms with Crippen molar-refractivity contribution in [1.29, 1.82) is 0 Å². The Morgan fingerprint density at radius 2 is 1.16 bits per heavy atom. The van der Waals surface area contributed by atoms with Crippen molar-refractivity contribution in [3.63, 3.8) is 0 Å². The van der Waals surface area contributed by atoms with E-state index in [4.69, 9.17) is 23.4 Å². The SMILES string of the molecule is COc1ccc(C(=O)C(=O)c2cc(OC)c(OC)c(OC)c2)cc1O[Si](C)(C)C(C)(C)C. The number of hydrogen-bond donors (Lipinski definition) is 0. The summed E-state index contributed by atoms with van der Waals surface area (Å²) >= 11 is 0. The lowest BCUT2D eigenvalue weighted by Gasteiger charge is -2.36. The van der Waals surface area contributed by atoms with Gasteiger partial charge in [-0.3, -0.25) is 9.59 Å². The number of hydrogen-bond acceptors (Lipinski definition) is 7. The first-order valence-electron chi connectivity index (χ1n) is 10.2. The molecule has 0 saturated heterocycles. The summed E-state index contributed by atoms with van der Waals surface area (Å²) in [7, 11) is 3.70. The molecule has 174 valence electrons. The Bertz CT molecular complexity index is 981. The molecule has 0 bridgehead atoms. The summed E-state index contributed by atoms with van der Waals surface area (Å²) in [5.41, 5.74) is 0.338. The van der Waals surface area contributed by atoms with Gasteiger partial charge in [-0.05, 0) is 48.5 Å². The maximum absolute atomic E-state index is 13.1. The average molecular weight is 461 g/mol. The van der Waals surface area contributed by atoms with E-state index in [-0.39, 0.29) is 16.2 Å². The number of Topliss-reactive ketones (excluding diaryl/α,β-unsaturated/α-hetero) is 2. The first kappa shape index (κ1) is 25.3. The van der Waals surface area contributed by atoms with Crippen molar-refractivity contribution in [2.24, 2.45) is 0 Å². The molecule has 0 fully saturated rings. The fraction of sp³-hybridized carbons (Fsp3) is 0.417. The van der Waals surface area contributed by atoms with Crippen LogP contribution in [0.25, 0.3) is 0 Å². The van der Waals surface area contributed by atoms with Crippen LogP contribution >= 0.6 is 0 Å². The van der Waals surface area contributed by atoms with Gasteiger partial charge in [0, 0.05) is 11.1 Å². The van der Waals surface area contributed by atoms with Crippen molar-refractivity contribution >= 4 is 19.9 Å². The molecule has 0 aromatic heterocycles. The summed E-state index contributed by atoms with van der Waals surface area (Å²) in [5.74, 6) is 0.497. The van der Waals surface area contributed by atoms with Crippen LogP contribution in [0.4, 0.5) is 0 Å². The number of benzene rings is 2. The van der Waals surface area contributed by atoms with E-state index in [0.29, 0.717) is 28.7 Å². The highest BCUT2D eigenvalue weighted by molar-refractivity contribution is 6.74. The van der Waals surface area contributed by atoms with Gasteiger partial charge in [0.2, 0.25) is 17.3 Å². The van der Waals surface area contributed by atoms with Crippen molar-refractivity contribution in [3.05, 3.63) is 41.5 Å². The van der Waals surface area contributed by atoms with Gasteiger partial charge in [-0.25, -0.2) is 0 Å². The standard InChI is InChI=1S/C24H32O7Si/c1-24(2,3)32(8,9)31-18-12-15(10-11-17(18)27-4)21(25)22(26)16-13-19(28-5)23(30-7)20(14-16)29-6/h10-14H,1-9H3. The van der Waals surface area contributed by atoms with E-state index < -0.39 is 19.9 Å². The van der Waals surface area contributed by atoms with Crippen molar-refractivity contribution in [2.75, 3.05) is 28.4 Å². The predicted molar refractivity (Wildman–Crippen MR) is 126 cm³/mol. The zero-order valence-corrected chi connectivity index (χ0v) is 21.2. The van der Waals surface area contributed by atoms with Crippen molar-refractivity contribution in [2.45, 2.75) is 38.9 Å². The third-order valence-corrected chi connectivity index (χ3v) is 10.1. The zero-order valence-electron chi connectivity index (χ0n) is 20.2. The Morgan fingerprint density at radius 1 is 0.688 bits per heavy atom. The van der Waals surface area contributed by atoms with Crippen LogP contribution in [-0.4, -0.2) is 48.3 Å². The van der Waals surface area contributed by atoms with Gasteiger partial charge in [0.05, 0.1) is 28.4 Å². The van der Waals surface area contributed by atoms with Gasteiger partial charge >= 0.3 is 0 Å². The second-order valence-electron chi connectivity index (χ2n) is 8.80. The third kappa shape index (κ3) is 5.07. The van der Waals surface area contributed by atoms with Crippen molar-refractivity contribution < 1.29 is 33.0 Å². The molecule has 0 atom stereocenters. The van der Waals surface area contributed by atoms with Gasteiger partial charge in [0.25, 0.3) is 8.32 Å². The minimum Gasteiger partial charge on any atom is -0.541 e. The quantitative estimate of drug-likeness (QED) is 0.290. The molecule has 0 aliphatic heterocycles. The monoisotopic (exact) mass is 460 g/mol. The lowest BCUT2D eigenvalue weighted by atomic mass is 10.0. The van der Waals surface area contributed by atoms with Crippen LogP contribution in [0, 0.1) is 0 Å². The third-order valence-electron chi connectivity index (χ3n) is 5.73. The van der Waals surface area contributed by atoms with E-state index in [1.165, 1.54) is 40.6 Å². The molecule has 2 aromatic carbocycles. The minimum absolute atomic E-state index is 0.0515. The van der Waals surface area contributed by atoms with E-state index in [0.717, 1.165) is 0 Å². The van der Waals surface area contributed by atoms with E-state index in [2.05, 4.69) is 33.9 Å². The van der Waals surface area contributed by atoms with Crippen LogP contribution in [0.2, 0.25) is 18.1 Å². The van der Waals surface area contributed by atoms with E-state index >= 15 is 0 Å². The Morgan fingerprint density at radius 3 is 1.59 bits per heavy atom. The van der Waals surface area contributed by atoms with Crippen LogP contribution in [0.3, 0.4) is 0 Å². The lowest BCUT2D eigenvalue weighted by molar-refractivity contribution is 0.0816. The highest BCUT2D eigenvalue weighted by Gasteiger charge is 2.39. The van der Waals surface area contributed by atoms with Gasteiger partial charge in [0.1, 0.15) is 5.75 Å². The van der Waals surface area contributed by atoms with E-state index in [9.17, 15) is 9.59 Å². The molecule has 0 amide bonds. The first-order chi connectivity index (χ1) is 14.9. The summed E-state index contributed by atoms with van der Waals surface area (Å²) in [6, 6.07) is 7.67. The topological polar surface area (TPSA) is 80.3 Å². The molecule has 0 unspecified atom stereocenters. The summed E-state index contributed by atoms with van der Waals surface area (Å²) < 4.78 is 27.6. The zero-order chi connectivity index (χ0) is 24.3. The van der Waals surface area contributed by atoms with Gasteiger partial charge in [-0.15, -0.1) is 0 Å². The van der Waals surface area contributed by atoms with Crippen LogP contribution in [0.5, 0.6) is 28.7 Å². The fourth-order valence-corrected chi connectivity index (χ4v) is 3.82. The van der Waals surface area contributed by atoms with Crippen LogP contribution in [0.15, 0.2) is 30.3 Å². The van der Waals surface area contributed by atoms with E-state index in [1.54, 1.807) is 18.2 Å². The molecule has 0 aliphatic rings. The summed E-state index contributed by atoms with van der Waals surface area (Å²) in [4.78, 5) is 26.1. The molecule has 32 heavy (non-hydrogen) atoms. The van der Waals surface area contributed by atoms with Gasteiger partial charge in [-0.2, -0.15) is 0 Å². The van der Waals surface area contributed by atoms with Crippen LogP contribution in [-0.2, 0) is 0 Å². The Balaban J connectivity index is 2.47. The van der Waals surface area contributed by atoms with Crippen LogP contribution in [0.1, 0.15) is 41.5 Å². The number of carbonyl (C=O) groups is 2. The molecule has 0 aliphatic carbocycles. The molecule has 0 radical (unpaired) electrons. The Labute approximate surface area is 190 Å². The minimum atomic E-state index is -2.20. The number of ketones is 2. The van der Waals surface area contributed by atoms with E-state index in [1.807, 2.05) is 0 Å². The van der Waals surface area contributed by atoms with Crippen molar-refractivity contribution in [3.8, 4) is 28.7 Å². The average Bonchev–Trinajstić information content (AvgIpc) is 2.75. The highest BCUT2D eigenvalue weighted by Crippen LogP contribution is 2.41. The number of ether oxygens (including phenoxy) is 4. The molecule has 2 aromatic rings.